The van der Waals surface area contributed by atoms with Crippen LogP contribution in [0, 0.1) is 11.3 Å². The van der Waals surface area contributed by atoms with E-state index < -0.39 is 5.92 Å². The summed E-state index contributed by atoms with van der Waals surface area (Å²) < 4.78 is 0. The highest BCUT2D eigenvalue weighted by atomic mass is 16.1. The summed E-state index contributed by atoms with van der Waals surface area (Å²) in [5.41, 5.74) is 1.96. The molecule has 0 aliphatic carbocycles. The van der Waals surface area contributed by atoms with Gasteiger partial charge in [-0.15, -0.1) is 0 Å². The number of unbranched alkanes of at least 4 members (excludes halogenated alkanes) is 4. The van der Waals surface area contributed by atoms with Gasteiger partial charge in [0, 0.05) is 19.6 Å². The first-order valence-electron chi connectivity index (χ1n) is 11.3. The number of carbonyl (C=O) groups is 1. The summed E-state index contributed by atoms with van der Waals surface area (Å²) in [6, 6.07) is 9.84. The molecule has 0 saturated heterocycles. The van der Waals surface area contributed by atoms with E-state index >= 15 is 0 Å². The molecule has 0 saturated carbocycles. The van der Waals surface area contributed by atoms with Gasteiger partial charge in [-0.3, -0.25) is 4.79 Å². The SMILES string of the molecule is CCCCCNC(=O)[C@H](C#N)c1nc2ccccc2nc1N(CCCC)CCCC. The zero-order valence-electron chi connectivity index (χ0n) is 18.7. The van der Waals surface area contributed by atoms with Crippen molar-refractivity contribution in [2.24, 2.45) is 0 Å². The van der Waals surface area contributed by atoms with Crippen LogP contribution in [0.1, 0.15) is 77.3 Å². The van der Waals surface area contributed by atoms with Crippen LogP contribution in [0.25, 0.3) is 11.0 Å². The molecule has 0 aliphatic heterocycles. The highest BCUT2D eigenvalue weighted by Crippen LogP contribution is 2.28. The van der Waals surface area contributed by atoms with Gasteiger partial charge in [-0.2, -0.15) is 5.26 Å². The highest BCUT2D eigenvalue weighted by Gasteiger charge is 2.28. The topological polar surface area (TPSA) is 81.9 Å². The number of nitrogens with zero attached hydrogens (tertiary/aromatic N) is 4. The first-order valence-corrected chi connectivity index (χ1v) is 11.3. The molecule has 2 rings (SSSR count). The van der Waals surface area contributed by atoms with E-state index in [9.17, 15) is 10.1 Å². The second-order valence-corrected chi connectivity index (χ2v) is 7.68. The van der Waals surface area contributed by atoms with Gasteiger partial charge < -0.3 is 10.2 Å². The normalized spacial score (nSPS) is 11.8. The fraction of sp³-hybridized carbons (Fsp3) is 0.583. The zero-order chi connectivity index (χ0) is 21.8. The predicted molar refractivity (Wildman–Crippen MR) is 122 cm³/mol. The molecule has 1 atom stereocenters. The smallest absolute Gasteiger partial charge is 0.243 e. The number of rotatable bonds is 13. The molecule has 30 heavy (non-hydrogen) atoms. The van der Waals surface area contributed by atoms with Crippen molar-refractivity contribution in [3.05, 3.63) is 30.0 Å². The minimum atomic E-state index is -0.968. The summed E-state index contributed by atoms with van der Waals surface area (Å²) in [6.45, 7) is 8.70. The van der Waals surface area contributed by atoms with Crippen molar-refractivity contribution in [1.29, 1.82) is 5.26 Å². The maximum atomic E-state index is 12.9. The van der Waals surface area contributed by atoms with Gasteiger partial charge in [-0.25, -0.2) is 9.97 Å². The Morgan fingerprint density at radius 3 is 2.17 bits per heavy atom. The van der Waals surface area contributed by atoms with Gasteiger partial charge in [0.05, 0.1) is 17.1 Å². The van der Waals surface area contributed by atoms with E-state index in [0.29, 0.717) is 23.6 Å². The summed E-state index contributed by atoms with van der Waals surface area (Å²) in [7, 11) is 0. The molecular weight excluding hydrogens is 374 g/mol. The molecule has 1 amide bonds. The lowest BCUT2D eigenvalue weighted by Crippen LogP contribution is -2.33. The largest absolute Gasteiger partial charge is 0.355 e. The van der Waals surface area contributed by atoms with Gasteiger partial charge in [0.2, 0.25) is 5.91 Å². The van der Waals surface area contributed by atoms with Crippen molar-refractivity contribution in [2.45, 2.75) is 71.6 Å². The van der Waals surface area contributed by atoms with Crippen LogP contribution in [0.2, 0.25) is 0 Å². The van der Waals surface area contributed by atoms with Crippen LogP contribution in [-0.4, -0.2) is 35.5 Å². The molecule has 6 nitrogen and oxygen atoms in total. The number of aromatic nitrogens is 2. The molecule has 0 radical (unpaired) electrons. The van der Waals surface area contributed by atoms with E-state index in [1.54, 1.807) is 0 Å². The first-order chi connectivity index (χ1) is 14.7. The summed E-state index contributed by atoms with van der Waals surface area (Å²) >= 11 is 0. The number of para-hydroxylation sites is 2. The lowest BCUT2D eigenvalue weighted by molar-refractivity contribution is -0.121. The molecule has 0 bridgehead atoms. The maximum Gasteiger partial charge on any atom is 0.243 e. The quantitative estimate of drug-likeness (QED) is 0.473. The summed E-state index contributed by atoms with van der Waals surface area (Å²) in [5.74, 6) is -0.583. The van der Waals surface area contributed by atoms with Crippen molar-refractivity contribution in [1.82, 2.24) is 15.3 Å². The fourth-order valence-corrected chi connectivity index (χ4v) is 3.38. The van der Waals surface area contributed by atoms with Gasteiger partial charge in [0.15, 0.2) is 11.7 Å². The minimum Gasteiger partial charge on any atom is -0.355 e. The Morgan fingerprint density at radius 1 is 1.00 bits per heavy atom. The first kappa shape index (κ1) is 23.6. The number of nitrogens with one attached hydrogen (secondary N) is 1. The molecule has 162 valence electrons. The molecular formula is C24H35N5O. The van der Waals surface area contributed by atoms with Gasteiger partial charge in [0.1, 0.15) is 5.69 Å². The molecule has 0 aliphatic rings. The number of fused-ring (bicyclic) bond motifs is 1. The molecule has 0 fully saturated rings. The Morgan fingerprint density at radius 2 is 1.60 bits per heavy atom. The van der Waals surface area contributed by atoms with Crippen molar-refractivity contribution >= 4 is 22.8 Å². The van der Waals surface area contributed by atoms with Crippen LogP contribution >= 0.6 is 0 Å². The summed E-state index contributed by atoms with van der Waals surface area (Å²) in [4.78, 5) is 24.7. The minimum absolute atomic E-state index is 0.287. The van der Waals surface area contributed by atoms with E-state index in [0.717, 1.165) is 63.6 Å². The van der Waals surface area contributed by atoms with Crippen LogP contribution in [0.15, 0.2) is 24.3 Å². The number of amides is 1. The molecule has 2 aromatic rings. The van der Waals surface area contributed by atoms with E-state index in [2.05, 4.69) is 37.1 Å². The van der Waals surface area contributed by atoms with Crippen molar-refractivity contribution in [2.75, 3.05) is 24.5 Å². The molecule has 0 unspecified atom stereocenters. The molecule has 1 heterocycles. The Labute approximate surface area is 180 Å². The van der Waals surface area contributed by atoms with E-state index in [1.165, 1.54) is 0 Å². The van der Waals surface area contributed by atoms with E-state index in [4.69, 9.17) is 9.97 Å². The predicted octanol–water partition coefficient (Wildman–Crippen LogP) is 4.95. The Hall–Kier alpha value is -2.68. The lowest BCUT2D eigenvalue weighted by Gasteiger charge is -2.26. The summed E-state index contributed by atoms with van der Waals surface area (Å²) in [5, 5.41) is 12.8. The van der Waals surface area contributed by atoms with E-state index in [1.807, 2.05) is 24.3 Å². The van der Waals surface area contributed by atoms with Gasteiger partial charge >= 0.3 is 0 Å². The van der Waals surface area contributed by atoms with Crippen LogP contribution in [0.3, 0.4) is 0 Å². The second kappa shape index (κ2) is 12.8. The lowest BCUT2D eigenvalue weighted by atomic mass is 10.0. The van der Waals surface area contributed by atoms with Crippen LogP contribution in [0.5, 0.6) is 0 Å². The average molecular weight is 410 g/mol. The number of hydrogen-bond acceptors (Lipinski definition) is 5. The van der Waals surface area contributed by atoms with Gasteiger partial charge in [-0.05, 0) is 31.4 Å². The molecule has 1 aromatic carbocycles. The van der Waals surface area contributed by atoms with Crippen molar-refractivity contribution < 1.29 is 4.79 Å². The third-order valence-electron chi connectivity index (χ3n) is 5.19. The Kier molecular flexibility index (Phi) is 10.1. The summed E-state index contributed by atoms with van der Waals surface area (Å²) in [6.07, 6.45) is 7.24. The van der Waals surface area contributed by atoms with Gasteiger partial charge in [-0.1, -0.05) is 58.6 Å². The van der Waals surface area contributed by atoms with Crippen LogP contribution in [0.4, 0.5) is 5.82 Å². The Balaban J connectivity index is 2.44. The monoisotopic (exact) mass is 409 g/mol. The number of anilines is 1. The van der Waals surface area contributed by atoms with Crippen LogP contribution in [-0.2, 0) is 4.79 Å². The maximum absolute atomic E-state index is 12.9. The fourth-order valence-electron chi connectivity index (χ4n) is 3.38. The average Bonchev–Trinajstić information content (AvgIpc) is 2.77. The number of hydrogen-bond donors (Lipinski definition) is 1. The number of carbonyl (C=O) groups excluding carboxylic acids is 1. The van der Waals surface area contributed by atoms with Crippen LogP contribution < -0.4 is 10.2 Å². The zero-order valence-corrected chi connectivity index (χ0v) is 18.7. The van der Waals surface area contributed by atoms with Crippen molar-refractivity contribution in [3.63, 3.8) is 0 Å². The van der Waals surface area contributed by atoms with Crippen molar-refractivity contribution in [3.8, 4) is 6.07 Å². The highest BCUT2D eigenvalue weighted by molar-refractivity contribution is 5.88. The third kappa shape index (κ3) is 6.41. The van der Waals surface area contributed by atoms with Gasteiger partial charge in [0.25, 0.3) is 0 Å². The molecule has 1 N–H and O–H groups in total. The second-order valence-electron chi connectivity index (χ2n) is 7.68. The van der Waals surface area contributed by atoms with E-state index in [-0.39, 0.29) is 5.91 Å². The molecule has 6 heteroatoms. The molecule has 0 spiro atoms. The number of benzene rings is 1. The third-order valence-corrected chi connectivity index (χ3v) is 5.19. The Bertz CT molecular complexity index is 837. The number of nitriles is 1. The standard InChI is InChI=1S/C24H35N5O/c1-4-7-12-15-26-24(30)19(18-25)22-23(29(16-8-5-2)17-9-6-3)28-21-14-11-10-13-20(21)27-22/h10-11,13-14,19H,4-9,12,15-17H2,1-3H3,(H,26,30)/t19-/m1/s1. The molecule has 1 aromatic heterocycles.